The molecule has 0 aromatic heterocycles. The third-order valence-corrected chi connectivity index (χ3v) is 7.50. The number of hydrogen-bond donors (Lipinski definition) is 0. The minimum absolute atomic E-state index is 0.0670. The van der Waals surface area contributed by atoms with Gasteiger partial charge < -0.3 is 4.90 Å². The van der Waals surface area contributed by atoms with Crippen molar-refractivity contribution in [3.63, 3.8) is 0 Å². The highest BCUT2D eigenvalue weighted by molar-refractivity contribution is 8.18. The van der Waals surface area contributed by atoms with Crippen LogP contribution in [0.1, 0.15) is 69.2 Å². The molecule has 2 amide bonds. The normalized spacial score (nSPS) is 21.3. The number of thioether (sulfide) groups is 1. The maximum atomic E-state index is 13.2. The van der Waals surface area contributed by atoms with Gasteiger partial charge in [0.15, 0.2) is 0 Å². The number of hydrogen-bond acceptors (Lipinski definition) is 4. The zero-order chi connectivity index (χ0) is 24.1. The van der Waals surface area contributed by atoms with Gasteiger partial charge in [-0.3, -0.25) is 14.5 Å². The summed E-state index contributed by atoms with van der Waals surface area (Å²) in [6, 6.07) is 10.7. The topological polar surface area (TPSA) is 40.6 Å². The highest BCUT2D eigenvalue weighted by Crippen LogP contribution is 2.46. The van der Waals surface area contributed by atoms with Crippen LogP contribution in [-0.2, 0) is 11.3 Å². The van der Waals surface area contributed by atoms with E-state index in [1.54, 1.807) is 12.1 Å². The molecule has 0 aliphatic carbocycles. The molecule has 0 N–H and O–H groups in total. The van der Waals surface area contributed by atoms with Gasteiger partial charge in [0.05, 0.1) is 11.4 Å². The Labute approximate surface area is 199 Å². The van der Waals surface area contributed by atoms with E-state index in [2.05, 4.69) is 58.6 Å². The van der Waals surface area contributed by atoms with Gasteiger partial charge in [0.25, 0.3) is 11.1 Å². The number of benzene rings is 2. The summed E-state index contributed by atoms with van der Waals surface area (Å²) in [6.45, 7) is 13.5. The Morgan fingerprint density at radius 1 is 1.18 bits per heavy atom. The number of halogens is 1. The monoisotopic (exact) mass is 466 g/mol. The van der Waals surface area contributed by atoms with Crippen LogP contribution >= 0.6 is 11.8 Å². The first-order chi connectivity index (χ1) is 15.5. The Balaban J connectivity index is 1.66. The lowest BCUT2D eigenvalue weighted by molar-refractivity contribution is -0.123. The summed E-state index contributed by atoms with van der Waals surface area (Å²) in [7, 11) is 0. The highest BCUT2D eigenvalue weighted by atomic mass is 32.2. The minimum atomic E-state index is -0.343. The predicted octanol–water partition coefficient (Wildman–Crippen LogP) is 6.87. The number of imide groups is 1. The third kappa shape index (κ3) is 4.45. The highest BCUT2D eigenvalue weighted by Gasteiger charge is 2.38. The first kappa shape index (κ1) is 23.6. The van der Waals surface area contributed by atoms with Crippen LogP contribution in [0.2, 0.25) is 0 Å². The summed E-state index contributed by atoms with van der Waals surface area (Å²) in [4.78, 5) is 29.7. The fourth-order valence-electron chi connectivity index (χ4n) is 5.30. The number of fused-ring (bicyclic) bond motifs is 1. The SMILES string of the molecule is Cc1cc2c(cc1/C=C1\SC(=O)N(Cc3ccc(F)cc3)C1=O)C(C)CC(C)(C)N2C(C)C. The lowest BCUT2D eigenvalue weighted by Crippen LogP contribution is -2.51. The summed E-state index contributed by atoms with van der Waals surface area (Å²) >= 11 is 0.965. The smallest absolute Gasteiger partial charge is 0.293 e. The number of rotatable bonds is 4. The van der Waals surface area contributed by atoms with Gasteiger partial charge in [0.2, 0.25) is 0 Å². The van der Waals surface area contributed by atoms with Crippen molar-refractivity contribution in [2.24, 2.45) is 0 Å². The van der Waals surface area contributed by atoms with Gasteiger partial charge in [0, 0.05) is 17.3 Å². The van der Waals surface area contributed by atoms with Crippen LogP contribution in [0.25, 0.3) is 6.08 Å². The Kier molecular flexibility index (Phi) is 6.16. The molecule has 1 unspecified atom stereocenters. The van der Waals surface area contributed by atoms with E-state index < -0.39 is 0 Å². The maximum Gasteiger partial charge on any atom is 0.293 e. The largest absolute Gasteiger partial charge is 0.364 e. The van der Waals surface area contributed by atoms with E-state index in [1.807, 2.05) is 6.08 Å². The molecule has 2 aliphatic heterocycles. The van der Waals surface area contributed by atoms with Gasteiger partial charge in [0.1, 0.15) is 5.82 Å². The van der Waals surface area contributed by atoms with Crippen LogP contribution in [0, 0.1) is 12.7 Å². The van der Waals surface area contributed by atoms with Crippen molar-refractivity contribution in [2.45, 2.75) is 72.0 Å². The molecule has 0 radical (unpaired) electrons. The lowest BCUT2D eigenvalue weighted by Gasteiger charge is -2.50. The van der Waals surface area contributed by atoms with Crippen molar-refractivity contribution in [1.29, 1.82) is 0 Å². The summed E-state index contributed by atoms with van der Waals surface area (Å²) in [6.07, 6.45) is 2.90. The zero-order valence-electron chi connectivity index (χ0n) is 20.1. The molecule has 2 heterocycles. The van der Waals surface area contributed by atoms with E-state index in [4.69, 9.17) is 0 Å². The van der Waals surface area contributed by atoms with E-state index in [9.17, 15) is 14.0 Å². The molecule has 1 atom stereocenters. The second-order valence-electron chi connectivity index (χ2n) is 10.0. The van der Waals surface area contributed by atoms with Gasteiger partial charge >= 0.3 is 0 Å². The van der Waals surface area contributed by atoms with Crippen molar-refractivity contribution >= 4 is 34.7 Å². The summed E-state index contributed by atoms with van der Waals surface area (Å²) in [5.41, 5.74) is 5.37. The van der Waals surface area contributed by atoms with Gasteiger partial charge in [-0.2, -0.15) is 0 Å². The van der Waals surface area contributed by atoms with E-state index in [0.29, 0.717) is 16.9 Å². The fraction of sp³-hybridized carbons (Fsp3) is 0.407. The standard InChI is InChI=1S/C27H31FN2O2S/c1-16(2)30-23-11-17(3)20(12-22(23)18(4)14-27(30,5)6)13-24-25(31)29(26(32)33-24)15-19-7-9-21(28)10-8-19/h7-13,16,18H,14-15H2,1-6H3/b24-13-. The third-order valence-electron chi connectivity index (χ3n) is 6.59. The molecule has 33 heavy (non-hydrogen) atoms. The van der Waals surface area contributed by atoms with E-state index in [1.165, 1.54) is 28.3 Å². The molecule has 4 nitrogen and oxygen atoms in total. The molecule has 2 aliphatic rings. The van der Waals surface area contributed by atoms with Crippen molar-refractivity contribution in [1.82, 2.24) is 4.90 Å². The molecular formula is C27H31FN2O2S. The maximum absolute atomic E-state index is 13.2. The van der Waals surface area contributed by atoms with Crippen LogP contribution in [0.15, 0.2) is 41.3 Å². The average molecular weight is 467 g/mol. The van der Waals surface area contributed by atoms with Crippen molar-refractivity contribution < 1.29 is 14.0 Å². The molecule has 174 valence electrons. The molecule has 1 fully saturated rings. The van der Waals surface area contributed by atoms with Gasteiger partial charge in [-0.15, -0.1) is 0 Å². The van der Waals surface area contributed by atoms with E-state index >= 15 is 0 Å². The quantitative estimate of drug-likeness (QED) is 0.461. The van der Waals surface area contributed by atoms with Crippen LogP contribution in [-0.4, -0.2) is 27.6 Å². The lowest BCUT2D eigenvalue weighted by atomic mass is 9.78. The Bertz CT molecular complexity index is 1140. The summed E-state index contributed by atoms with van der Waals surface area (Å²) in [5, 5.41) is -0.299. The summed E-state index contributed by atoms with van der Waals surface area (Å²) in [5.74, 6) is -0.250. The number of anilines is 1. The van der Waals surface area contributed by atoms with Crippen LogP contribution in [0.3, 0.4) is 0 Å². The number of nitrogens with zero attached hydrogens (tertiary/aromatic N) is 2. The molecule has 0 bridgehead atoms. The molecule has 2 aromatic carbocycles. The second-order valence-corrected chi connectivity index (χ2v) is 11.0. The molecule has 0 spiro atoms. The van der Waals surface area contributed by atoms with Gasteiger partial charge in [-0.25, -0.2) is 4.39 Å². The molecule has 1 saturated heterocycles. The van der Waals surface area contributed by atoms with Crippen LogP contribution in [0.4, 0.5) is 14.9 Å². The number of carbonyl (C=O) groups is 2. The van der Waals surface area contributed by atoms with E-state index in [-0.39, 0.29) is 29.0 Å². The first-order valence-corrected chi connectivity index (χ1v) is 12.2. The zero-order valence-corrected chi connectivity index (χ0v) is 20.9. The average Bonchev–Trinajstić information content (AvgIpc) is 2.97. The van der Waals surface area contributed by atoms with Gasteiger partial charge in [-0.05, 0) is 111 Å². The Hall–Kier alpha value is -2.60. The fourth-order valence-corrected chi connectivity index (χ4v) is 6.13. The molecule has 4 rings (SSSR count). The molecular weight excluding hydrogens is 435 g/mol. The second kappa shape index (κ2) is 8.64. The first-order valence-electron chi connectivity index (χ1n) is 11.4. The van der Waals surface area contributed by atoms with Crippen LogP contribution in [0.5, 0.6) is 0 Å². The number of amides is 2. The minimum Gasteiger partial charge on any atom is -0.364 e. The number of aryl methyl sites for hydroxylation is 1. The number of carbonyl (C=O) groups excluding carboxylic acids is 2. The van der Waals surface area contributed by atoms with E-state index in [0.717, 1.165) is 34.9 Å². The molecule has 2 aromatic rings. The van der Waals surface area contributed by atoms with Crippen LogP contribution < -0.4 is 4.90 Å². The summed E-state index contributed by atoms with van der Waals surface area (Å²) < 4.78 is 13.2. The Morgan fingerprint density at radius 3 is 2.48 bits per heavy atom. The van der Waals surface area contributed by atoms with Crippen molar-refractivity contribution in [3.8, 4) is 0 Å². The van der Waals surface area contributed by atoms with Crippen molar-refractivity contribution in [3.05, 3.63) is 69.4 Å². The van der Waals surface area contributed by atoms with Gasteiger partial charge in [-0.1, -0.05) is 19.1 Å². The predicted molar refractivity (Wildman–Crippen MR) is 134 cm³/mol. The Morgan fingerprint density at radius 2 is 1.85 bits per heavy atom. The van der Waals surface area contributed by atoms with Crippen molar-refractivity contribution in [2.75, 3.05) is 4.90 Å². The molecule has 6 heteroatoms. The molecule has 0 saturated carbocycles.